The van der Waals surface area contributed by atoms with E-state index in [-0.39, 0.29) is 6.61 Å². The van der Waals surface area contributed by atoms with Gasteiger partial charge in [0.2, 0.25) is 0 Å². The summed E-state index contributed by atoms with van der Waals surface area (Å²) in [6.07, 6.45) is 5.42. The fraction of sp³-hybridized carbons (Fsp3) is 0.538. The van der Waals surface area contributed by atoms with E-state index in [1.807, 2.05) is 19.1 Å². The van der Waals surface area contributed by atoms with Gasteiger partial charge < -0.3 is 29.4 Å². The first-order chi connectivity index (χ1) is 16.5. The SMILES string of the molecule is COC1(C)CC=CC=C1OCCNC[C@H](O)COc1cccc2c1c(C)nn2C(=O)OC(C)(C)C. The van der Waals surface area contributed by atoms with Crippen LogP contribution in [-0.4, -0.2) is 71.7 Å². The molecule has 2 N–H and O–H groups in total. The van der Waals surface area contributed by atoms with Crippen LogP contribution < -0.4 is 10.1 Å². The van der Waals surface area contributed by atoms with Gasteiger partial charge in [0.25, 0.3) is 0 Å². The fourth-order valence-corrected chi connectivity index (χ4v) is 3.73. The van der Waals surface area contributed by atoms with Crippen molar-refractivity contribution >= 4 is 17.0 Å². The van der Waals surface area contributed by atoms with Gasteiger partial charge in [0.05, 0.1) is 16.6 Å². The summed E-state index contributed by atoms with van der Waals surface area (Å²) in [5.41, 5.74) is 0.154. The molecule has 0 saturated carbocycles. The molecule has 3 rings (SSSR count). The minimum Gasteiger partial charge on any atom is -0.494 e. The molecule has 2 aromatic rings. The molecule has 1 unspecified atom stereocenters. The average Bonchev–Trinajstić information content (AvgIpc) is 3.15. The quantitative estimate of drug-likeness (QED) is 0.489. The second-order valence-electron chi connectivity index (χ2n) is 9.74. The highest BCUT2D eigenvalue weighted by atomic mass is 16.6. The number of fused-ring (bicyclic) bond motifs is 1. The third kappa shape index (κ3) is 6.84. The summed E-state index contributed by atoms with van der Waals surface area (Å²) in [6.45, 7) is 10.7. The minimum atomic E-state index is -0.729. The second-order valence-corrected chi connectivity index (χ2v) is 9.74. The van der Waals surface area contributed by atoms with Gasteiger partial charge in [0.1, 0.15) is 42.0 Å². The number of benzene rings is 1. The van der Waals surface area contributed by atoms with E-state index in [0.29, 0.717) is 42.0 Å². The number of nitrogens with one attached hydrogen (secondary N) is 1. The standard InChI is InChI=1S/C26H37N3O6/c1-18-23-20(29(28-18)24(31)35-25(2,3)4)10-9-11-21(23)34-17-19(30)16-27-14-15-33-22-12-7-8-13-26(22,5)32-6/h7-12,19,27,30H,13-17H2,1-6H3/t19-,26?/m0/s1. The first kappa shape index (κ1) is 26.7. The third-order valence-corrected chi connectivity index (χ3v) is 5.62. The Morgan fingerprint density at radius 2 is 2.09 bits per heavy atom. The summed E-state index contributed by atoms with van der Waals surface area (Å²) in [4.78, 5) is 12.6. The van der Waals surface area contributed by atoms with Crippen LogP contribution >= 0.6 is 0 Å². The molecule has 0 radical (unpaired) electrons. The van der Waals surface area contributed by atoms with Crippen molar-refractivity contribution < 1.29 is 28.8 Å². The van der Waals surface area contributed by atoms with Crippen molar-refractivity contribution in [1.29, 1.82) is 0 Å². The molecule has 192 valence electrons. The van der Waals surface area contributed by atoms with Crippen molar-refractivity contribution in [1.82, 2.24) is 15.1 Å². The van der Waals surface area contributed by atoms with E-state index in [2.05, 4.69) is 16.5 Å². The Morgan fingerprint density at radius 1 is 1.31 bits per heavy atom. The van der Waals surface area contributed by atoms with Crippen molar-refractivity contribution in [2.75, 3.05) is 33.4 Å². The molecule has 0 spiro atoms. The van der Waals surface area contributed by atoms with Crippen LogP contribution in [-0.2, 0) is 14.2 Å². The highest BCUT2D eigenvalue weighted by molar-refractivity contribution is 5.93. The van der Waals surface area contributed by atoms with Crippen LogP contribution in [0.4, 0.5) is 4.79 Å². The van der Waals surface area contributed by atoms with E-state index in [0.717, 1.165) is 12.2 Å². The van der Waals surface area contributed by atoms with Gasteiger partial charge in [-0.15, -0.1) is 0 Å². The predicted octanol–water partition coefficient (Wildman–Crippen LogP) is 3.72. The molecule has 1 aliphatic rings. The largest absolute Gasteiger partial charge is 0.494 e. The number of allylic oxidation sites excluding steroid dienone is 2. The lowest BCUT2D eigenvalue weighted by Crippen LogP contribution is -2.35. The number of ether oxygens (including phenoxy) is 4. The molecule has 0 bridgehead atoms. The maximum absolute atomic E-state index is 12.6. The van der Waals surface area contributed by atoms with E-state index in [1.54, 1.807) is 53.0 Å². The summed E-state index contributed by atoms with van der Waals surface area (Å²) in [5, 5.41) is 18.6. The highest BCUT2D eigenvalue weighted by Gasteiger charge is 2.30. The van der Waals surface area contributed by atoms with Gasteiger partial charge in [-0.05, 0) is 52.8 Å². The number of aromatic nitrogens is 2. The smallest absolute Gasteiger partial charge is 0.435 e. The fourth-order valence-electron chi connectivity index (χ4n) is 3.73. The molecular weight excluding hydrogens is 450 g/mol. The molecule has 35 heavy (non-hydrogen) atoms. The molecule has 9 heteroatoms. The lowest BCUT2D eigenvalue weighted by atomic mass is 9.95. The van der Waals surface area contributed by atoms with Gasteiger partial charge in [-0.3, -0.25) is 0 Å². The summed E-state index contributed by atoms with van der Waals surface area (Å²) >= 11 is 0. The molecule has 0 fully saturated rings. The Labute approximate surface area is 206 Å². The molecule has 1 aromatic carbocycles. The van der Waals surface area contributed by atoms with Gasteiger partial charge in [-0.1, -0.05) is 18.2 Å². The molecular formula is C26H37N3O6. The van der Waals surface area contributed by atoms with Gasteiger partial charge in [-0.2, -0.15) is 9.78 Å². The molecule has 0 amide bonds. The van der Waals surface area contributed by atoms with Crippen molar-refractivity contribution in [3.63, 3.8) is 0 Å². The zero-order valence-corrected chi connectivity index (χ0v) is 21.5. The zero-order valence-electron chi connectivity index (χ0n) is 21.5. The number of hydrogen-bond donors (Lipinski definition) is 2. The second kappa shape index (κ2) is 11.2. The van der Waals surface area contributed by atoms with Gasteiger partial charge in [0.15, 0.2) is 0 Å². The van der Waals surface area contributed by atoms with Crippen molar-refractivity contribution in [3.05, 3.63) is 47.9 Å². The predicted molar refractivity (Wildman–Crippen MR) is 134 cm³/mol. The van der Waals surface area contributed by atoms with Gasteiger partial charge in [0, 0.05) is 26.6 Å². The van der Waals surface area contributed by atoms with Crippen molar-refractivity contribution in [2.24, 2.45) is 0 Å². The highest BCUT2D eigenvalue weighted by Crippen LogP contribution is 2.30. The number of hydrogen-bond acceptors (Lipinski definition) is 8. The van der Waals surface area contributed by atoms with Crippen LogP contribution in [0.2, 0.25) is 0 Å². The monoisotopic (exact) mass is 487 g/mol. The number of carbonyl (C=O) groups excluding carboxylic acids is 1. The number of aliphatic hydroxyl groups excluding tert-OH is 1. The van der Waals surface area contributed by atoms with Crippen molar-refractivity contribution in [3.8, 4) is 5.75 Å². The third-order valence-electron chi connectivity index (χ3n) is 5.62. The summed E-state index contributed by atoms with van der Waals surface area (Å²) in [6, 6.07) is 5.37. The number of rotatable bonds is 10. The maximum atomic E-state index is 12.6. The number of aryl methyl sites for hydroxylation is 1. The van der Waals surface area contributed by atoms with E-state index >= 15 is 0 Å². The van der Waals surface area contributed by atoms with Gasteiger partial charge >= 0.3 is 6.09 Å². The molecule has 9 nitrogen and oxygen atoms in total. The number of nitrogens with zero attached hydrogens (tertiary/aromatic N) is 2. The van der Waals surface area contributed by atoms with Crippen LogP contribution in [0.15, 0.2) is 42.2 Å². The van der Waals surface area contributed by atoms with E-state index < -0.39 is 23.4 Å². The number of aliphatic hydroxyl groups is 1. The Hall–Kier alpha value is -2.88. The molecule has 2 atom stereocenters. The average molecular weight is 488 g/mol. The van der Waals surface area contributed by atoms with Gasteiger partial charge in [-0.25, -0.2) is 4.79 Å². The first-order valence-electron chi connectivity index (χ1n) is 11.8. The number of carbonyl (C=O) groups is 1. The molecule has 0 aliphatic heterocycles. The minimum absolute atomic E-state index is 0.0850. The molecule has 1 aliphatic carbocycles. The van der Waals surface area contributed by atoms with Crippen LogP contribution in [0.25, 0.3) is 10.9 Å². The topological polar surface area (TPSA) is 104 Å². The zero-order chi connectivity index (χ0) is 25.6. The van der Waals surface area contributed by atoms with E-state index in [4.69, 9.17) is 18.9 Å². The lowest BCUT2D eigenvalue weighted by molar-refractivity contribution is -0.0131. The maximum Gasteiger partial charge on any atom is 0.435 e. The normalized spacial score (nSPS) is 18.9. The van der Waals surface area contributed by atoms with Crippen molar-refractivity contribution in [2.45, 2.75) is 58.3 Å². The Morgan fingerprint density at radius 3 is 2.80 bits per heavy atom. The first-order valence-corrected chi connectivity index (χ1v) is 11.8. The molecule has 1 heterocycles. The lowest BCUT2D eigenvalue weighted by Gasteiger charge is -2.31. The molecule has 1 aromatic heterocycles. The van der Waals surface area contributed by atoms with Crippen LogP contribution in [0.5, 0.6) is 5.75 Å². The summed E-state index contributed by atoms with van der Waals surface area (Å²) in [7, 11) is 1.68. The Balaban J connectivity index is 1.50. The van der Waals surface area contributed by atoms with Crippen LogP contribution in [0.1, 0.15) is 39.8 Å². The molecule has 0 saturated heterocycles. The number of methoxy groups -OCH3 is 1. The Bertz CT molecular complexity index is 1080. The summed E-state index contributed by atoms with van der Waals surface area (Å²) < 4.78 is 24.0. The summed E-state index contributed by atoms with van der Waals surface area (Å²) in [5.74, 6) is 1.34. The van der Waals surface area contributed by atoms with E-state index in [9.17, 15) is 9.90 Å². The Kier molecular flexibility index (Phi) is 8.58. The van der Waals surface area contributed by atoms with Crippen LogP contribution in [0, 0.1) is 6.92 Å². The van der Waals surface area contributed by atoms with E-state index in [1.165, 1.54) is 4.68 Å². The van der Waals surface area contributed by atoms with Crippen LogP contribution in [0.3, 0.4) is 0 Å².